The Morgan fingerprint density at radius 1 is 0.704 bits per heavy atom. The van der Waals surface area contributed by atoms with E-state index in [1.54, 1.807) is 6.07 Å². The van der Waals surface area contributed by atoms with Gasteiger partial charge in [-0.15, -0.1) is 25.6 Å². The Labute approximate surface area is 160 Å². The summed E-state index contributed by atoms with van der Waals surface area (Å²) in [5.74, 6) is 1.04. The molecule has 0 saturated carbocycles. The topological polar surface area (TPSA) is 44.5 Å². The number of hydrogen-bond acceptors (Lipinski definition) is 3. The molecule has 0 amide bonds. The molecule has 0 radical (unpaired) electrons. The van der Waals surface area contributed by atoms with Crippen LogP contribution < -0.4 is 15.2 Å². The van der Waals surface area contributed by atoms with Crippen molar-refractivity contribution in [3.63, 3.8) is 0 Å². The smallest absolute Gasteiger partial charge is 0.457 e. The number of nitrogens with two attached hydrogens (primary N) is 1. The average molecular weight is 396 g/mol. The Hall–Kier alpha value is -2.70. The van der Waals surface area contributed by atoms with Gasteiger partial charge in [-0.05, 0) is 47.5 Å². The zero-order chi connectivity index (χ0) is 18.6. The van der Waals surface area contributed by atoms with Crippen molar-refractivity contribution in [2.75, 3.05) is 0 Å². The van der Waals surface area contributed by atoms with Crippen LogP contribution in [0.4, 0.5) is 13.2 Å². The van der Waals surface area contributed by atoms with Crippen LogP contribution in [0.15, 0.2) is 78.9 Å². The van der Waals surface area contributed by atoms with Gasteiger partial charge in [0.05, 0.1) is 6.04 Å². The van der Waals surface area contributed by atoms with Crippen molar-refractivity contribution in [2.24, 2.45) is 5.73 Å². The molecule has 0 heterocycles. The zero-order valence-electron chi connectivity index (χ0n) is 14.0. The molecule has 27 heavy (non-hydrogen) atoms. The van der Waals surface area contributed by atoms with Gasteiger partial charge in [0, 0.05) is 0 Å². The molecule has 0 saturated heterocycles. The van der Waals surface area contributed by atoms with Crippen molar-refractivity contribution >= 4 is 12.4 Å². The van der Waals surface area contributed by atoms with Crippen LogP contribution in [0.5, 0.6) is 17.2 Å². The molecule has 0 aromatic heterocycles. The highest BCUT2D eigenvalue weighted by atomic mass is 35.5. The van der Waals surface area contributed by atoms with Gasteiger partial charge in [0.1, 0.15) is 17.2 Å². The van der Waals surface area contributed by atoms with E-state index < -0.39 is 12.4 Å². The van der Waals surface area contributed by atoms with Crippen LogP contribution in [0.3, 0.4) is 0 Å². The second kappa shape index (κ2) is 8.79. The van der Waals surface area contributed by atoms with Gasteiger partial charge in [0.15, 0.2) is 0 Å². The fourth-order valence-corrected chi connectivity index (χ4v) is 2.47. The molecule has 0 unspecified atom stereocenters. The van der Waals surface area contributed by atoms with Crippen molar-refractivity contribution in [1.82, 2.24) is 0 Å². The SMILES string of the molecule is Cl.N[C@H](c1ccc(OC(F)(F)F)cc1)c1cccc(Oc2ccccc2)c1. The van der Waals surface area contributed by atoms with E-state index in [1.165, 1.54) is 24.3 Å². The van der Waals surface area contributed by atoms with Gasteiger partial charge in [0.2, 0.25) is 0 Å². The molecule has 0 bridgehead atoms. The van der Waals surface area contributed by atoms with Crippen LogP contribution in [-0.2, 0) is 0 Å². The van der Waals surface area contributed by atoms with Gasteiger partial charge in [-0.25, -0.2) is 0 Å². The lowest BCUT2D eigenvalue weighted by Crippen LogP contribution is -2.17. The fourth-order valence-electron chi connectivity index (χ4n) is 2.47. The average Bonchev–Trinajstić information content (AvgIpc) is 2.61. The third kappa shape index (κ3) is 5.91. The summed E-state index contributed by atoms with van der Waals surface area (Å²) in [6.07, 6.45) is -4.72. The first-order valence-electron chi connectivity index (χ1n) is 7.85. The Balaban J connectivity index is 0.00000261. The van der Waals surface area contributed by atoms with Crippen LogP contribution in [0.25, 0.3) is 0 Å². The van der Waals surface area contributed by atoms with Gasteiger partial charge in [-0.2, -0.15) is 0 Å². The highest BCUT2D eigenvalue weighted by Crippen LogP contribution is 2.28. The van der Waals surface area contributed by atoms with E-state index in [4.69, 9.17) is 10.5 Å². The van der Waals surface area contributed by atoms with E-state index >= 15 is 0 Å². The highest BCUT2D eigenvalue weighted by molar-refractivity contribution is 5.85. The molecule has 0 aliphatic rings. The van der Waals surface area contributed by atoms with E-state index in [9.17, 15) is 13.2 Å². The summed E-state index contributed by atoms with van der Waals surface area (Å²) >= 11 is 0. The maximum absolute atomic E-state index is 12.2. The van der Waals surface area contributed by atoms with E-state index in [-0.39, 0.29) is 18.2 Å². The van der Waals surface area contributed by atoms with Crippen molar-refractivity contribution in [3.8, 4) is 17.2 Å². The normalized spacial score (nSPS) is 12.0. The molecule has 2 N–H and O–H groups in total. The van der Waals surface area contributed by atoms with Gasteiger partial charge >= 0.3 is 6.36 Å². The molecule has 0 aliphatic heterocycles. The maximum atomic E-state index is 12.2. The summed E-state index contributed by atoms with van der Waals surface area (Å²) in [5.41, 5.74) is 7.68. The summed E-state index contributed by atoms with van der Waals surface area (Å²) in [6, 6.07) is 21.6. The first-order valence-corrected chi connectivity index (χ1v) is 7.85. The second-order valence-corrected chi connectivity index (χ2v) is 5.58. The summed E-state index contributed by atoms with van der Waals surface area (Å²) in [7, 11) is 0. The monoisotopic (exact) mass is 395 g/mol. The summed E-state index contributed by atoms with van der Waals surface area (Å²) < 4.78 is 46.3. The van der Waals surface area contributed by atoms with Crippen LogP contribution in [-0.4, -0.2) is 6.36 Å². The molecule has 142 valence electrons. The van der Waals surface area contributed by atoms with Crippen LogP contribution in [0.1, 0.15) is 17.2 Å². The van der Waals surface area contributed by atoms with Crippen LogP contribution in [0, 0.1) is 0 Å². The highest BCUT2D eigenvalue weighted by Gasteiger charge is 2.31. The number of para-hydroxylation sites is 1. The van der Waals surface area contributed by atoms with E-state index in [2.05, 4.69) is 4.74 Å². The number of rotatable bonds is 5. The lowest BCUT2D eigenvalue weighted by molar-refractivity contribution is -0.274. The van der Waals surface area contributed by atoms with Gasteiger partial charge in [-0.1, -0.05) is 42.5 Å². The molecule has 0 fully saturated rings. The van der Waals surface area contributed by atoms with E-state index in [0.717, 1.165) is 5.56 Å². The third-order valence-electron chi connectivity index (χ3n) is 3.67. The zero-order valence-corrected chi connectivity index (χ0v) is 14.8. The standard InChI is InChI=1S/C20H16F3NO2.ClH/c21-20(22,23)26-17-11-9-14(10-12-17)19(24)15-5-4-8-18(13-15)25-16-6-2-1-3-7-16;/h1-13,19H,24H2;1H/t19-;/m1./s1. The van der Waals surface area contributed by atoms with Gasteiger partial charge in [-0.3, -0.25) is 0 Å². The Bertz CT molecular complexity index is 855. The number of alkyl halides is 3. The van der Waals surface area contributed by atoms with Crippen LogP contribution >= 0.6 is 12.4 Å². The molecule has 0 aliphatic carbocycles. The Morgan fingerprint density at radius 2 is 1.33 bits per heavy atom. The van der Waals surface area contributed by atoms with E-state index in [1.807, 2.05) is 48.5 Å². The molecule has 1 atom stereocenters. The predicted octanol–water partition coefficient (Wildman–Crippen LogP) is 5.85. The first kappa shape index (κ1) is 20.6. The lowest BCUT2D eigenvalue weighted by atomic mass is 9.99. The molecular formula is C20H17ClF3NO2. The predicted molar refractivity (Wildman–Crippen MR) is 99.4 cm³/mol. The largest absolute Gasteiger partial charge is 0.573 e. The molecular weight excluding hydrogens is 379 g/mol. The minimum atomic E-state index is -4.72. The van der Waals surface area contributed by atoms with Crippen molar-refractivity contribution in [2.45, 2.75) is 12.4 Å². The fraction of sp³-hybridized carbons (Fsp3) is 0.100. The number of halogens is 4. The van der Waals surface area contributed by atoms with E-state index in [0.29, 0.717) is 17.1 Å². The molecule has 0 spiro atoms. The quantitative estimate of drug-likeness (QED) is 0.589. The van der Waals surface area contributed by atoms with Crippen LogP contribution in [0.2, 0.25) is 0 Å². The molecule has 7 heteroatoms. The molecule has 3 rings (SSSR count). The number of benzene rings is 3. The summed E-state index contributed by atoms with van der Waals surface area (Å²) in [5, 5.41) is 0. The van der Waals surface area contributed by atoms with Crippen molar-refractivity contribution in [1.29, 1.82) is 0 Å². The van der Waals surface area contributed by atoms with Crippen molar-refractivity contribution < 1.29 is 22.6 Å². The minimum absolute atomic E-state index is 0. The summed E-state index contributed by atoms with van der Waals surface area (Å²) in [6.45, 7) is 0. The van der Waals surface area contributed by atoms with Crippen molar-refractivity contribution in [3.05, 3.63) is 90.0 Å². The number of hydrogen-bond donors (Lipinski definition) is 1. The first-order chi connectivity index (χ1) is 12.4. The maximum Gasteiger partial charge on any atom is 0.573 e. The second-order valence-electron chi connectivity index (χ2n) is 5.58. The van der Waals surface area contributed by atoms with Gasteiger partial charge < -0.3 is 15.2 Å². The molecule has 3 aromatic carbocycles. The number of ether oxygens (including phenoxy) is 2. The minimum Gasteiger partial charge on any atom is -0.457 e. The Kier molecular flexibility index (Phi) is 6.71. The molecule has 3 nitrogen and oxygen atoms in total. The summed E-state index contributed by atoms with van der Waals surface area (Å²) in [4.78, 5) is 0. The van der Waals surface area contributed by atoms with Gasteiger partial charge in [0.25, 0.3) is 0 Å². The lowest BCUT2D eigenvalue weighted by Gasteiger charge is -2.15. The third-order valence-corrected chi connectivity index (χ3v) is 3.67. The molecule has 3 aromatic rings. The Morgan fingerprint density at radius 3 is 1.96 bits per heavy atom.